The lowest BCUT2D eigenvalue weighted by atomic mass is 10.0. The average molecular weight is 256 g/mol. The Kier molecular flexibility index (Phi) is 5.29. The first-order valence-electron chi connectivity index (χ1n) is 5.99. The van der Waals surface area contributed by atoms with Crippen molar-refractivity contribution in [3.8, 4) is 5.75 Å². The SMILES string of the molecule is COc1cc(C)c(CCN(C)C(C)C)cc1Cl. The lowest BCUT2D eigenvalue weighted by molar-refractivity contribution is 0.277. The lowest BCUT2D eigenvalue weighted by Crippen LogP contribution is -2.28. The van der Waals surface area contributed by atoms with Gasteiger partial charge < -0.3 is 9.64 Å². The van der Waals surface area contributed by atoms with Crippen LogP contribution >= 0.6 is 11.6 Å². The van der Waals surface area contributed by atoms with E-state index >= 15 is 0 Å². The highest BCUT2D eigenvalue weighted by atomic mass is 35.5. The van der Waals surface area contributed by atoms with Crippen LogP contribution in [0.4, 0.5) is 0 Å². The Morgan fingerprint density at radius 2 is 2.00 bits per heavy atom. The highest BCUT2D eigenvalue weighted by molar-refractivity contribution is 6.32. The molecule has 0 spiro atoms. The molecule has 0 aromatic heterocycles. The van der Waals surface area contributed by atoms with E-state index in [1.807, 2.05) is 12.1 Å². The third-order valence-corrected chi connectivity index (χ3v) is 3.52. The van der Waals surface area contributed by atoms with Gasteiger partial charge in [0, 0.05) is 12.6 Å². The van der Waals surface area contributed by atoms with E-state index in [9.17, 15) is 0 Å². The van der Waals surface area contributed by atoms with Crippen LogP contribution in [-0.2, 0) is 6.42 Å². The van der Waals surface area contributed by atoms with Crippen molar-refractivity contribution in [3.63, 3.8) is 0 Å². The Balaban J connectivity index is 2.75. The molecule has 1 aromatic rings. The molecule has 0 aliphatic carbocycles. The summed E-state index contributed by atoms with van der Waals surface area (Å²) in [4.78, 5) is 2.33. The molecule has 0 unspecified atom stereocenters. The Bertz CT molecular complexity index is 377. The maximum absolute atomic E-state index is 6.14. The molecule has 17 heavy (non-hydrogen) atoms. The molecule has 0 aliphatic rings. The largest absolute Gasteiger partial charge is 0.495 e. The van der Waals surface area contributed by atoms with Crippen molar-refractivity contribution in [1.82, 2.24) is 4.90 Å². The number of rotatable bonds is 5. The predicted molar refractivity (Wildman–Crippen MR) is 74.2 cm³/mol. The summed E-state index contributed by atoms with van der Waals surface area (Å²) < 4.78 is 5.20. The topological polar surface area (TPSA) is 12.5 Å². The standard InChI is InChI=1S/C14H22ClNO/c1-10(2)16(4)7-6-12-9-13(15)14(17-5)8-11(12)3/h8-10H,6-7H2,1-5H3. The molecule has 0 N–H and O–H groups in total. The van der Waals surface area contributed by atoms with Crippen LogP contribution in [-0.4, -0.2) is 31.6 Å². The summed E-state index contributed by atoms with van der Waals surface area (Å²) >= 11 is 6.14. The molecule has 2 nitrogen and oxygen atoms in total. The van der Waals surface area contributed by atoms with E-state index in [0.29, 0.717) is 11.1 Å². The van der Waals surface area contributed by atoms with Crippen LogP contribution in [0.3, 0.4) is 0 Å². The molecule has 0 saturated carbocycles. The van der Waals surface area contributed by atoms with Crippen molar-refractivity contribution in [3.05, 3.63) is 28.3 Å². The van der Waals surface area contributed by atoms with Crippen molar-refractivity contribution in [2.24, 2.45) is 0 Å². The van der Waals surface area contributed by atoms with Crippen molar-refractivity contribution >= 4 is 11.6 Å². The number of hydrogen-bond acceptors (Lipinski definition) is 2. The van der Waals surface area contributed by atoms with Gasteiger partial charge in [-0.3, -0.25) is 0 Å². The second-order valence-corrected chi connectivity index (χ2v) is 5.14. The minimum absolute atomic E-state index is 0.573. The Morgan fingerprint density at radius 3 is 2.53 bits per heavy atom. The van der Waals surface area contributed by atoms with E-state index in [0.717, 1.165) is 18.7 Å². The minimum atomic E-state index is 0.573. The highest BCUT2D eigenvalue weighted by Crippen LogP contribution is 2.28. The fraction of sp³-hybridized carbons (Fsp3) is 0.571. The number of nitrogens with zero attached hydrogens (tertiary/aromatic N) is 1. The molecule has 1 aromatic carbocycles. The van der Waals surface area contributed by atoms with E-state index in [-0.39, 0.29) is 0 Å². The van der Waals surface area contributed by atoms with Gasteiger partial charge in [0.05, 0.1) is 12.1 Å². The Labute approximate surface area is 110 Å². The van der Waals surface area contributed by atoms with Crippen LogP contribution in [0.5, 0.6) is 5.75 Å². The number of aryl methyl sites for hydroxylation is 1. The molecule has 0 saturated heterocycles. The van der Waals surface area contributed by atoms with Gasteiger partial charge in [-0.2, -0.15) is 0 Å². The predicted octanol–water partition coefficient (Wildman–Crippen LogP) is 3.54. The summed E-state index contributed by atoms with van der Waals surface area (Å²) in [5.41, 5.74) is 2.53. The second kappa shape index (κ2) is 6.27. The summed E-state index contributed by atoms with van der Waals surface area (Å²) in [6, 6.07) is 4.60. The molecule has 0 aliphatic heterocycles. The van der Waals surface area contributed by atoms with Gasteiger partial charge in [0.25, 0.3) is 0 Å². The third kappa shape index (κ3) is 3.90. The summed E-state index contributed by atoms with van der Waals surface area (Å²) in [6.07, 6.45) is 1.02. The Morgan fingerprint density at radius 1 is 1.35 bits per heavy atom. The molecule has 1 rings (SSSR count). The molecular weight excluding hydrogens is 234 g/mol. The average Bonchev–Trinajstić information content (AvgIpc) is 2.29. The smallest absolute Gasteiger partial charge is 0.137 e. The van der Waals surface area contributed by atoms with Crippen LogP contribution in [0.15, 0.2) is 12.1 Å². The maximum Gasteiger partial charge on any atom is 0.137 e. The van der Waals surface area contributed by atoms with Crippen molar-refractivity contribution in [2.45, 2.75) is 33.2 Å². The molecule has 0 radical (unpaired) electrons. The van der Waals surface area contributed by atoms with Crippen LogP contribution in [0.2, 0.25) is 5.02 Å². The normalized spacial score (nSPS) is 11.3. The molecular formula is C14H22ClNO. The number of benzene rings is 1. The first-order valence-corrected chi connectivity index (χ1v) is 6.36. The number of methoxy groups -OCH3 is 1. The third-order valence-electron chi connectivity index (χ3n) is 3.23. The van der Waals surface area contributed by atoms with Gasteiger partial charge in [0.1, 0.15) is 5.75 Å². The molecule has 0 amide bonds. The summed E-state index contributed by atoms with van der Waals surface area (Å²) in [7, 11) is 3.79. The number of hydrogen-bond donors (Lipinski definition) is 0. The summed E-state index contributed by atoms with van der Waals surface area (Å²) in [6.45, 7) is 7.55. The zero-order valence-corrected chi connectivity index (χ0v) is 12.1. The monoisotopic (exact) mass is 255 g/mol. The van der Waals surface area contributed by atoms with Crippen LogP contribution in [0.1, 0.15) is 25.0 Å². The molecule has 0 fully saturated rings. The van der Waals surface area contributed by atoms with Crippen molar-refractivity contribution in [2.75, 3.05) is 20.7 Å². The van der Waals surface area contributed by atoms with Crippen LogP contribution < -0.4 is 4.74 Å². The minimum Gasteiger partial charge on any atom is -0.495 e. The number of likely N-dealkylation sites (N-methyl/N-ethyl adjacent to an activating group) is 1. The van der Waals surface area contributed by atoms with Gasteiger partial charge in [0.15, 0.2) is 0 Å². The molecule has 96 valence electrons. The van der Waals surface area contributed by atoms with Gasteiger partial charge in [-0.25, -0.2) is 0 Å². The van der Waals surface area contributed by atoms with Crippen molar-refractivity contribution < 1.29 is 4.74 Å². The lowest BCUT2D eigenvalue weighted by Gasteiger charge is -2.21. The van der Waals surface area contributed by atoms with E-state index in [1.54, 1.807) is 7.11 Å². The van der Waals surface area contributed by atoms with Gasteiger partial charge in [-0.15, -0.1) is 0 Å². The van der Waals surface area contributed by atoms with Gasteiger partial charge in [-0.05, 0) is 57.5 Å². The van der Waals surface area contributed by atoms with Crippen LogP contribution in [0, 0.1) is 6.92 Å². The molecule has 3 heteroatoms. The number of halogens is 1. The first-order chi connectivity index (χ1) is 7.95. The second-order valence-electron chi connectivity index (χ2n) is 4.74. The van der Waals surface area contributed by atoms with Gasteiger partial charge in [-0.1, -0.05) is 11.6 Å². The van der Waals surface area contributed by atoms with E-state index in [1.165, 1.54) is 11.1 Å². The zero-order valence-electron chi connectivity index (χ0n) is 11.4. The fourth-order valence-electron chi connectivity index (χ4n) is 1.68. The first kappa shape index (κ1) is 14.3. The zero-order chi connectivity index (χ0) is 13.0. The fourth-order valence-corrected chi connectivity index (χ4v) is 1.94. The molecule has 0 bridgehead atoms. The van der Waals surface area contributed by atoms with Gasteiger partial charge in [0.2, 0.25) is 0 Å². The Hall–Kier alpha value is -0.730. The van der Waals surface area contributed by atoms with Crippen molar-refractivity contribution in [1.29, 1.82) is 0 Å². The molecule has 0 atom stereocenters. The summed E-state index contributed by atoms with van der Waals surface area (Å²) in [5.74, 6) is 0.755. The van der Waals surface area contributed by atoms with Gasteiger partial charge >= 0.3 is 0 Å². The van der Waals surface area contributed by atoms with Crippen LogP contribution in [0.25, 0.3) is 0 Å². The quantitative estimate of drug-likeness (QED) is 0.798. The summed E-state index contributed by atoms with van der Waals surface area (Å²) in [5, 5.41) is 0.695. The van der Waals surface area contributed by atoms with E-state index in [4.69, 9.17) is 16.3 Å². The van der Waals surface area contributed by atoms with E-state index < -0.39 is 0 Å². The number of ether oxygens (including phenoxy) is 1. The molecule has 0 heterocycles. The maximum atomic E-state index is 6.14. The highest BCUT2D eigenvalue weighted by Gasteiger charge is 2.08. The van der Waals surface area contributed by atoms with E-state index in [2.05, 4.69) is 32.7 Å².